The Labute approximate surface area is 144 Å². The molecule has 0 radical (unpaired) electrons. The van der Waals surface area contributed by atoms with Crippen LogP contribution in [0.3, 0.4) is 0 Å². The molecular weight excluding hydrogens is 303 g/mol. The van der Waals surface area contributed by atoms with E-state index in [2.05, 4.69) is 22.9 Å². The third-order valence-corrected chi connectivity index (χ3v) is 5.03. The molecule has 2 aliphatic rings. The monoisotopic (exact) mass is 332 g/mol. The van der Waals surface area contributed by atoms with Crippen molar-refractivity contribution in [2.45, 2.75) is 64.5 Å². The number of nitrogens with zero attached hydrogens (tertiary/aromatic N) is 3. The molecule has 1 aliphatic heterocycles. The number of fused-ring (bicyclic) bond motifs is 1. The Hall–Kier alpha value is -1.49. The van der Waals surface area contributed by atoms with Crippen molar-refractivity contribution in [1.29, 1.82) is 0 Å². The Morgan fingerprint density at radius 1 is 1.17 bits per heavy atom. The maximum atomic E-state index is 12.8. The highest BCUT2D eigenvalue weighted by Gasteiger charge is 2.25. The first-order valence-electron chi connectivity index (χ1n) is 9.38. The molecule has 1 aromatic heterocycles. The number of unbranched alkanes of at least 4 members (excludes halogenated alkanes) is 3. The zero-order valence-electron chi connectivity index (χ0n) is 14.7. The van der Waals surface area contributed by atoms with Gasteiger partial charge in [0.05, 0.1) is 5.69 Å². The first-order chi connectivity index (χ1) is 11.7. The average Bonchev–Trinajstić information content (AvgIpc) is 2.94. The minimum atomic E-state index is -0.586. The molecule has 0 amide bonds. The van der Waals surface area contributed by atoms with E-state index in [0.29, 0.717) is 18.9 Å². The van der Waals surface area contributed by atoms with Crippen LogP contribution >= 0.6 is 0 Å². The summed E-state index contributed by atoms with van der Waals surface area (Å²) in [7, 11) is 0. The van der Waals surface area contributed by atoms with Gasteiger partial charge < -0.3 is 5.73 Å². The van der Waals surface area contributed by atoms with Gasteiger partial charge in [0.1, 0.15) is 17.8 Å². The first kappa shape index (κ1) is 17.3. The summed E-state index contributed by atoms with van der Waals surface area (Å²) >= 11 is 0. The largest absolute Gasteiger partial charge is 0.383 e. The van der Waals surface area contributed by atoms with Crippen molar-refractivity contribution >= 4 is 11.4 Å². The smallest absolute Gasteiger partial charge is 0.131 e. The lowest BCUT2D eigenvalue weighted by molar-refractivity contribution is 0.0643. The van der Waals surface area contributed by atoms with E-state index in [-0.39, 0.29) is 0 Å². The van der Waals surface area contributed by atoms with Crippen LogP contribution in [0, 0.1) is 0 Å². The Bertz CT molecular complexity index is 593. The molecule has 1 aliphatic carbocycles. The summed E-state index contributed by atoms with van der Waals surface area (Å²) in [5.74, 6) is 1.55. The molecular formula is C19H29FN4. The van der Waals surface area contributed by atoms with Crippen LogP contribution in [0.5, 0.6) is 0 Å². The number of allylic oxidation sites excluding steroid dienone is 2. The lowest BCUT2D eigenvalue weighted by atomic mass is 10.0. The molecule has 1 fully saturated rings. The number of alkyl halides is 1. The van der Waals surface area contributed by atoms with Gasteiger partial charge in [0.15, 0.2) is 0 Å². The molecule has 0 unspecified atom stereocenters. The number of hydrogen-bond donors (Lipinski definition) is 1. The molecule has 0 atom stereocenters. The highest BCUT2D eigenvalue weighted by molar-refractivity contribution is 5.73. The van der Waals surface area contributed by atoms with E-state index < -0.39 is 6.17 Å². The number of rotatable bonds is 9. The zero-order chi connectivity index (χ0) is 16.9. The highest BCUT2D eigenvalue weighted by atomic mass is 19.1. The van der Waals surface area contributed by atoms with Crippen molar-refractivity contribution in [3.05, 3.63) is 23.2 Å². The predicted octanol–water partition coefficient (Wildman–Crippen LogP) is 3.56. The van der Waals surface area contributed by atoms with E-state index in [1.807, 2.05) is 0 Å². The van der Waals surface area contributed by atoms with E-state index in [1.165, 1.54) is 12.0 Å². The van der Waals surface area contributed by atoms with Gasteiger partial charge in [0.2, 0.25) is 0 Å². The SMILES string of the molecule is CCCCc1nc(N)c2c(n1)C(CCCCCN1CC(F)C1)=CC2. The first-order valence-corrected chi connectivity index (χ1v) is 9.38. The number of aromatic nitrogens is 2. The summed E-state index contributed by atoms with van der Waals surface area (Å²) in [6, 6.07) is 0. The Morgan fingerprint density at radius 3 is 2.75 bits per heavy atom. The van der Waals surface area contributed by atoms with Gasteiger partial charge in [-0.05, 0) is 44.2 Å². The Morgan fingerprint density at radius 2 is 2.00 bits per heavy atom. The van der Waals surface area contributed by atoms with Gasteiger partial charge in [-0.25, -0.2) is 14.4 Å². The minimum absolute atomic E-state index is 0.586. The molecule has 24 heavy (non-hydrogen) atoms. The van der Waals surface area contributed by atoms with Gasteiger partial charge in [0, 0.05) is 25.1 Å². The fraction of sp³-hybridized carbons (Fsp3) is 0.684. The molecule has 2 heterocycles. The molecule has 0 saturated carbocycles. The predicted molar refractivity (Wildman–Crippen MR) is 96.5 cm³/mol. The Balaban J connectivity index is 1.47. The molecule has 0 aromatic carbocycles. The van der Waals surface area contributed by atoms with Crippen molar-refractivity contribution in [3.63, 3.8) is 0 Å². The molecule has 5 heteroatoms. The van der Waals surface area contributed by atoms with Crippen molar-refractivity contribution in [2.24, 2.45) is 0 Å². The van der Waals surface area contributed by atoms with Gasteiger partial charge in [-0.3, -0.25) is 4.90 Å². The number of anilines is 1. The molecule has 0 bridgehead atoms. The van der Waals surface area contributed by atoms with E-state index in [0.717, 1.165) is 68.6 Å². The fourth-order valence-corrected chi connectivity index (χ4v) is 3.52. The van der Waals surface area contributed by atoms with Crippen LogP contribution in [-0.4, -0.2) is 40.7 Å². The van der Waals surface area contributed by atoms with E-state index in [1.54, 1.807) is 0 Å². The zero-order valence-corrected chi connectivity index (χ0v) is 14.7. The number of nitrogens with two attached hydrogens (primary N) is 1. The molecule has 3 rings (SSSR count). The second kappa shape index (κ2) is 8.06. The summed E-state index contributed by atoms with van der Waals surface area (Å²) < 4.78 is 12.8. The van der Waals surface area contributed by atoms with E-state index in [9.17, 15) is 4.39 Å². The minimum Gasteiger partial charge on any atom is -0.383 e. The fourth-order valence-electron chi connectivity index (χ4n) is 3.52. The third kappa shape index (κ3) is 4.12. The maximum Gasteiger partial charge on any atom is 0.131 e. The van der Waals surface area contributed by atoms with Crippen molar-refractivity contribution in [2.75, 3.05) is 25.4 Å². The van der Waals surface area contributed by atoms with Gasteiger partial charge in [0.25, 0.3) is 0 Å². The van der Waals surface area contributed by atoms with Crippen LogP contribution in [-0.2, 0) is 12.8 Å². The third-order valence-electron chi connectivity index (χ3n) is 5.03. The second-order valence-electron chi connectivity index (χ2n) is 7.06. The van der Waals surface area contributed by atoms with Gasteiger partial charge in [-0.2, -0.15) is 0 Å². The molecule has 1 aromatic rings. The normalized spacial score (nSPS) is 17.7. The van der Waals surface area contributed by atoms with Crippen LogP contribution in [0.1, 0.15) is 62.5 Å². The van der Waals surface area contributed by atoms with E-state index in [4.69, 9.17) is 10.7 Å². The van der Waals surface area contributed by atoms with Gasteiger partial charge in [-0.1, -0.05) is 25.8 Å². The average molecular weight is 332 g/mol. The number of hydrogen-bond acceptors (Lipinski definition) is 4. The van der Waals surface area contributed by atoms with Crippen LogP contribution < -0.4 is 5.73 Å². The number of halogens is 1. The number of likely N-dealkylation sites (tertiary alicyclic amines) is 1. The number of aryl methyl sites for hydroxylation is 1. The molecule has 4 nitrogen and oxygen atoms in total. The van der Waals surface area contributed by atoms with Crippen molar-refractivity contribution in [3.8, 4) is 0 Å². The van der Waals surface area contributed by atoms with Crippen LogP contribution in [0.4, 0.5) is 10.2 Å². The van der Waals surface area contributed by atoms with Gasteiger partial charge in [-0.15, -0.1) is 0 Å². The molecule has 2 N–H and O–H groups in total. The highest BCUT2D eigenvalue weighted by Crippen LogP contribution is 2.32. The van der Waals surface area contributed by atoms with Crippen LogP contribution in [0.2, 0.25) is 0 Å². The standard InChI is InChI=1S/C19H29FN4/c1-2-3-8-17-22-18-14(9-10-16(18)19(21)23-17)7-5-4-6-11-24-12-15(20)13-24/h9,15H,2-8,10-13H2,1H3,(H2,21,22,23). The molecule has 0 spiro atoms. The van der Waals surface area contributed by atoms with Gasteiger partial charge >= 0.3 is 0 Å². The van der Waals surface area contributed by atoms with Crippen LogP contribution in [0.25, 0.3) is 5.57 Å². The second-order valence-corrected chi connectivity index (χ2v) is 7.06. The molecule has 132 valence electrons. The quantitative estimate of drug-likeness (QED) is 0.703. The van der Waals surface area contributed by atoms with Crippen molar-refractivity contribution in [1.82, 2.24) is 14.9 Å². The Kier molecular flexibility index (Phi) is 5.82. The topological polar surface area (TPSA) is 55.0 Å². The van der Waals surface area contributed by atoms with Crippen LogP contribution in [0.15, 0.2) is 6.08 Å². The number of nitrogen functional groups attached to an aromatic ring is 1. The molecule has 1 saturated heterocycles. The summed E-state index contributed by atoms with van der Waals surface area (Å²) in [4.78, 5) is 11.4. The summed E-state index contributed by atoms with van der Waals surface area (Å²) in [6.45, 7) is 4.48. The maximum absolute atomic E-state index is 12.8. The lowest BCUT2D eigenvalue weighted by Gasteiger charge is -2.34. The summed E-state index contributed by atoms with van der Waals surface area (Å²) in [6.07, 6.45) is 10.3. The lowest BCUT2D eigenvalue weighted by Crippen LogP contribution is -2.48. The van der Waals surface area contributed by atoms with E-state index >= 15 is 0 Å². The van der Waals surface area contributed by atoms with Crippen molar-refractivity contribution < 1.29 is 4.39 Å². The summed E-state index contributed by atoms with van der Waals surface area (Å²) in [5, 5.41) is 0. The summed E-state index contributed by atoms with van der Waals surface area (Å²) in [5.41, 5.74) is 9.67.